The third kappa shape index (κ3) is 57.1. The Morgan fingerprint density at radius 1 is 0.469 bits per heavy atom. The first-order valence-corrected chi connectivity index (χ1v) is 66.8. The first kappa shape index (κ1) is 99.8. The van der Waals surface area contributed by atoms with Gasteiger partial charge in [-0.2, -0.15) is 0 Å². The summed E-state index contributed by atoms with van der Waals surface area (Å²) in [6.07, 6.45) is 14.4. The molecule has 0 saturated heterocycles. The van der Waals surface area contributed by atoms with Crippen molar-refractivity contribution in [3.8, 4) is 0 Å². The van der Waals surface area contributed by atoms with Crippen molar-refractivity contribution in [1.82, 2.24) is 0 Å². The highest BCUT2D eigenvalue weighted by Crippen LogP contribution is 2.46. The van der Waals surface area contributed by atoms with E-state index < -0.39 is 83.2 Å². The fourth-order valence-corrected chi connectivity index (χ4v) is 39.3. The van der Waals surface area contributed by atoms with Crippen LogP contribution in [0.2, 0.25) is 187 Å². The Balaban J connectivity index is -0.000000547. The van der Waals surface area contributed by atoms with E-state index in [1.54, 1.807) is 27.7 Å². The zero-order chi connectivity index (χ0) is 74.8. The molecule has 0 amide bonds. The fourth-order valence-electron chi connectivity index (χ4n) is 9.30. The monoisotopic (exact) mass is 1510 g/mol. The predicted molar refractivity (Wildman–Crippen MR) is 438 cm³/mol. The number of esters is 4. The van der Waals surface area contributed by atoms with Gasteiger partial charge in [0, 0.05) is 43.5 Å². The molecule has 0 heterocycles. The Morgan fingerprint density at radius 2 is 0.865 bits per heavy atom. The second kappa shape index (κ2) is 46.2. The number of rotatable bonds is 35. The van der Waals surface area contributed by atoms with Crippen LogP contribution in [0.4, 0.5) is 0 Å². The van der Waals surface area contributed by atoms with Crippen molar-refractivity contribution in [2.45, 2.75) is 268 Å². The molecule has 0 N–H and O–H groups in total. The van der Waals surface area contributed by atoms with E-state index in [9.17, 15) is 19.2 Å². The number of hydrogen-bond acceptors (Lipinski definition) is 14. The van der Waals surface area contributed by atoms with Crippen molar-refractivity contribution in [2.75, 3.05) is 39.8 Å². The van der Waals surface area contributed by atoms with Crippen LogP contribution in [0.3, 0.4) is 0 Å². The molecule has 2 aliphatic rings. The molecule has 0 aromatic heterocycles. The van der Waals surface area contributed by atoms with Crippen molar-refractivity contribution in [3.63, 3.8) is 0 Å². The highest BCUT2D eigenvalue weighted by molar-refractivity contribution is 6.90. The first-order valence-electron chi connectivity index (χ1n) is 34.5. The maximum absolute atomic E-state index is 11.6. The Labute approximate surface area is 600 Å². The number of hydrogen-bond donors (Lipinski definition) is 0. The normalized spacial score (nSPS) is 15.5. The lowest BCUT2D eigenvalue weighted by molar-refractivity contribution is -0.140. The lowest BCUT2D eigenvalue weighted by Crippen LogP contribution is -2.60. The second-order valence-corrected chi connectivity index (χ2v) is 79.5. The summed E-state index contributed by atoms with van der Waals surface area (Å²) in [5.74, 6) is 1.51. The smallest absolute Gasteiger partial charge is 0.466 e. The molecule has 3 rings (SSSR count). The molecule has 2 aliphatic carbocycles. The molecular weight excluding hydrogens is 1370 g/mol. The summed E-state index contributed by atoms with van der Waals surface area (Å²) >= 11 is 0. The predicted octanol–water partition coefficient (Wildman–Crippen LogP) is 21.2. The quantitative estimate of drug-likeness (QED) is 0.0158. The van der Waals surface area contributed by atoms with Gasteiger partial charge >= 0.3 is 32.7 Å². The number of ether oxygens (including phenoxy) is 4. The zero-order valence-corrected chi connectivity index (χ0v) is 76.3. The molecule has 0 spiro atoms. The van der Waals surface area contributed by atoms with E-state index >= 15 is 0 Å². The van der Waals surface area contributed by atoms with Crippen molar-refractivity contribution in [3.05, 3.63) is 103 Å². The minimum absolute atomic E-state index is 0. The first-order chi connectivity index (χ1) is 42.8. The number of carbonyl (C=O) groups is 4. The molecular formula is C72H146O14Si10. The Hall–Kier alpha value is -2.53. The van der Waals surface area contributed by atoms with Gasteiger partial charge in [0.05, 0.1) is 34.1 Å². The highest BCUT2D eigenvalue weighted by atomic mass is 28.5. The minimum Gasteiger partial charge on any atom is -0.466 e. The summed E-state index contributed by atoms with van der Waals surface area (Å²) in [7, 11) is -14.7. The van der Waals surface area contributed by atoms with Gasteiger partial charge in [0.25, 0.3) is 0 Å². The molecule has 3 unspecified atom stereocenters. The number of fused-ring (bicyclic) bond motifs is 2. The maximum atomic E-state index is 11.6. The average molecular weight is 1520 g/mol. The van der Waals surface area contributed by atoms with E-state index in [2.05, 4.69) is 233 Å². The van der Waals surface area contributed by atoms with E-state index in [1.165, 1.54) is 54.6 Å². The topological polar surface area (TPSA) is 161 Å². The van der Waals surface area contributed by atoms with E-state index in [-0.39, 0.29) is 31.3 Å². The van der Waals surface area contributed by atoms with Crippen molar-refractivity contribution in [2.24, 2.45) is 17.8 Å². The van der Waals surface area contributed by atoms with Crippen molar-refractivity contribution >= 4 is 113 Å². The average Bonchev–Trinajstić information content (AvgIpc) is 1.25. The van der Waals surface area contributed by atoms with Crippen LogP contribution in [0, 0.1) is 17.8 Å². The lowest BCUT2D eigenvalue weighted by atomic mass is 9.91. The third-order valence-electron chi connectivity index (χ3n) is 14.0. The summed E-state index contributed by atoms with van der Waals surface area (Å²) < 4.78 is 57.8. The van der Waals surface area contributed by atoms with Gasteiger partial charge in [-0.25, -0.2) is 19.2 Å². The van der Waals surface area contributed by atoms with E-state index in [0.717, 1.165) is 30.6 Å². The number of carbonyl (C=O) groups excluding carboxylic acids is 4. The van der Waals surface area contributed by atoms with Gasteiger partial charge in [-0.05, 0) is 225 Å². The summed E-state index contributed by atoms with van der Waals surface area (Å²) in [5.41, 5.74) is 4.37. The minimum atomic E-state index is -2.83. The second-order valence-electron chi connectivity index (χ2n) is 33.7. The van der Waals surface area contributed by atoms with Gasteiger partial charge in [0.15, 0.2) is 58.2 Å². The number of aryl methyl sites for hydroxylation is 1. The Morgan fingerprint density at radius 3 is 1.20 bits per heavy atom. The van der Waals surface area contributed by atoms with Crippen LogP contribution < -0.4 is 0 Å². The molecule has 0 aliphatic heterocycles. The summed E-state index contributed by atoms with van der Waals surface area (Å²) in [5, 5.41) is 0. The summed E-state index contributed by atoms with van der Waals surface area (Å²) in [4.78, 5) is 44.3. The van der Waals surface area contributed by atoms with Gasteiger partial charge in [0.1, 0.15) is 6.61 Å². The van der Waals surface area contributed by atoms with Gasteiger partial charge < -0.3 is 44.3 Å². The molecule has 96 heavy (non-hydrogen) atoms. The van der Waals surface area contributed by atoms with Crippen LogP contribution in [0.25, 0.3) is 6.08 Å². The molecule has 1 aromatic rings. The Bertz CT molecular complexity index is 2440. The lowest BCUT2D eigenvalue weighted by Gasteiger charge is -2.42. The summed E-state index contributed by atoms with van der Waals surface area (Å²) in [6.45, 7) is 81.7. The van der Waals surface area contributed by atoms with Crippen molar-refractivity contribution in [1.29, 1.82) is 0 Å². The highest BCUT2D eigenvalue weighted by Gasteiger charge is 2.50. The van der Waals surface area contributed by atoms with Gasteiger partial charge in [-0.15, -0.1) is 0 Å². The van der Waals surface area contributed by atoms with Gasteiger partial charge in [0.2, 0.25) is 0 Å². The molecule has 0 radical (unpaired) electrons. The van der Waals surface area contributed by atoms with E-state index in [0.29, 0.717) is 67.4 Å². The summed E-state index contributed by atoms with van der Waals surface area (Å²) in [6, 6.07) is 14.2. The molecule has 1 aromatic carbocycles. The van der Waals surface area contributed by atoms with Gasteiger partial charge in [-0.3, -0.25) is 0 Å². The van der Waals surface area contributed by atoms with Crippen LogP contribution >= 0.6 is 0 Å². The largest absolute Gasteiger partial charge is 0.469 e. The SMILES string of the molecule is C.C=C(C)C(=O)OCCC[Si](C)(C)C.C=C(C)C(=O)OCCC[Si](O[Si](C)(C)C)(O[Si](C)(C)C)O[Si](C)(C)C.C=C(C)C(=O)OCCO[Si](C)(C)C.C=C(C)C(=O)OC[Si](C)(C)C.C=Cc1ccc(CC)cc1.CO[Si](C)(C)CC[Si](C)(C)O[Si](C)(C)CCC1CC2C=CC1C2. The molecule has 1 fully saturated rings. The standard InChI is InChI=1S/C18H38O2Si3.C16H38O5Si4.C10H20O2Si.C10H12.C9H18O3Si.C8H16O2Si.CH4/c1-19-21(2,3)12-13-23(6,7)20-22(4,5)11-10-18-15-16-8-9-17(18)14-16;1-15(2)16(17)18-13-12-14-25(19-22(3,4)5,20-23(6,7)8)21-24(9,10)11;1-9(2)10(11)12-7-6-8-13(3,4)5;1-3-9-5-7-10(4-2)8-6-9;1-8(2)9(10)11-6-7-12-13(3,4)5;1-7(2)8(9)10-6-11(3,4)5;/h8-9,16-18H,10-15H2,1-7H3;1,12-14H2,2-11H3;1,6-8H2,2-5H3;3,5-8H,1,4H2,2H3;1,6-7H2,2-5H3;1,6H2,2-5H3;1H4. The maximum Gasteiger partial charge on any atom is 0.469 e. The third-order valence-corrected chi connectivity index (χ3v) is 40.4. The van der Waals surface area contributed by atoms with Gasteiger partial charge in [-0.1, -0.05) is 141 Å². The zero-order valence-electron chi connectivity index (χ0n) is 66.3. The van der Waals surface area contributed by atoms with Crippen LogP contribution in [-0.4, -0.2) is 147 Å². The molecule has 2 bridgehead atoms. The van der Waals surface area contributed by atoms with Crippen LogP contribution in [0.1, 0.15) is 85.3 Å². The van der Waals surface area contributed by atoms with Crippen LogP contribution in [-0.2, 0) is 69.9 Å². The Kier molecular flexibility index (Phi) is 48.0. The molecule has 1 saturated carbocycles. The van der Waals surface area contributed by atoms with Crippen LogP contribution in [0.5, 0.6) is 0 Å². The molecule has 14 nitrogen and oxygen atoms in total. The number of allylic oxidation sites excluding steroid dienone is 2. The molecule has 558 valence electrons. The van der Waals surface area contributed by atoms with E-state index in [4.69, 9.17) is 44.3 Å². The number of benzene rings is 1. The fraction of sp³-hybridized carbons (Fsp3) is 0.694. The van der Waals surface area contributed by atoms with Crippen molar-refractivity contribution < 1.29 is 63.4 Å². The molecule has 3 atom stereocenters. The van der Waals surface area contributed by atoms with Crippen LogP contribution in [0.15, 0.2) is 91.6 Å². The van der Waals surface area contributed by atoms with E-state index in [1.807, 2.05) is 13.2 Å². The molecule has 24 heteroatoms.